The summed E-state index contributed by atoms with van der Waals surface area (Å²) < 4.78 is 10.5. The van der Waals surface area contributed by atoms with Crippen molar-refractivity contribution < 1.29 is 9.26 Å². The maximum absolute atomic E-state index is 9.32. The Hall–Kier alpha value is -2.85. The third kappa shape index (κ3) is 3.80. The minimum absolute atomic E-state index is 0.451. The molecule has 25 heavy (non-hydrogen) atoms. The molecule has 7 heteroatoms. The predicted molar refractivity (Wildman–Crippen MR) is 94.3 cm³/mol. The van der Waals surface area contributed by atoms with Crippen LogP contribution in [0.3, 0.4) is 0 Å². The summed E-state index contributed by atoms with van der Waals surface area (Å²) in [5.41, 5.74) is 3.22. The van der Waals surface area contributed by atoms with Crippen molar-refractivity contribution in [3.05, 3.63) is 53.0 Å². The molecule has 0 aliphatic heterocycles. The van der Waals surface area contributed by atoms with Gasteiger partial charge in [0.2, 0.25) is 0 Å². The van der Waals surface area contributed by atoms with Crippen molar-refractivity contribution in [2.24, 2.45) is 0 Å². The zero-order valence-corrected chi connectivity index (χ0v) is 14.9. The summed E-state index contributed by atoms with van der Waals surface area (Å²) in [6.45, 7) is 3.82. The standard InChI is InChI=1S/C18H16N4O2S/c1-11-8-12(2)20-18(15(11)9-19)25-10-16-21-17(24-22-16)13-4-6-14(23-3)7-5-13/h4-8H,10H2,1-3H3. The molecule has 2 aromatic heterocycles. The lowest BCUT2D eigenvalue weighted by molar-refractivity contribution is 0.414. The minimum atomic E-state index is 0.451. The summed E-state index contributed by atoms with van der Waals surface area (Å²) in [5, 5.41) is 14.0. The van der Waals surface area contributed by atoms with E-state index in [1.807, 2.05) is 44.2 Å². The molecule has 3 aromatic rings. The molecule has 0 saturated heterocycles. The summed E-state index contributed by atoms with van der Waals surface area (Å²) in [4.78, 5) is 8.85. The lowest BCUT2D eigenvalue weighted by Gasteiger charge is -2.05. The van der Waals surface area contributed by atoms with Crippen molar-refractivity contribution >= 4 is 11.8 Å². The molecule has 0 unspecified atom stereocenters. The largest absolute Gasteiger partial charge is 0.497 e. The molecule has 0 saturated carbocycles. The lowest BCUT2D eigenvalue weighted by Crippen LogP contribution is -1.95. The third-order valence-electron chi connectivity index (χ3n) is 3.57. The molecule has 0 aliphatic carbocycles. The van der Waals surface area contributed by atoms with Crippen LogP contribution in [0.2, 0.25) is 0 Å². The Balaban J connectivity index is 1.75. The van der Waals surface area contributed by atoms with Crippen LogP contribution >= 0.6 is 11.8 Å². The number of nitriles is 1. The minimum Gasteiger partial charge on any atom is -0.497 e. The molecule has 0 fully saturated rings. The van der Waals surface area contributed by atoms with E-state index in [1.165, 1.54) is 11.8 Å². The van der Waals surface area contributed by atoms with E-state index < -0.39 is 0 Å². The van der Waals surface area contributed by atoms with Gasteiger partial charge in [0.25, 0.3) is 5.89 Å². The molecule has 3 rings (SSSR count). The highest BCUT2D eigenvalue weighted by atomic mass is 32.2. The Morgan fingerprint density at radius 3 is 2.64 bits per heavy atom. The van der Waals surface area contributed by atoms with E-state index in [2.05, 4.69) is 21.2 Å². The van der Waals surface area contributed by atoms with Crippen LogP contribution in [0.15, 0.2) is 39.9 Å². The average molecular weight is 352 g/mol. The van der Waals surface area contributed by atoms with Crippen LogP contribution in [0.5, 0.6) is 5.75 Å². The van der Waals surface area contributed by atoms with Gasteiger partial charge in [-0.2, -0.15) is 10.2 Å². The Morgan fingerprint density at radius 1 is 1.20 bits per heavy atom. The molecule has 1 aromatic carbocycles. The molecule has 0 aliphatic rings. The lowest BCUT2D eigenvalue weighted by atomic mass is 10.1. The van der Waals surface area contributed by atoms with Crippen molar-refractivity contribution in [3.63, 3.8) is 0 Å². The molecule has 126 valence electrons. The molecule has 2 heterocycles. The van der Waals surface area contributed by atoms with Crippen LogP contribution in [0.1, 0.15) is 22.6 Å². The second-order valence-electron chi connectivity index (χ2n) is 5.41. The Kier molecular flexibility index (Phi) is 5.00. The summed E-state index contributed by atoms with van der Waals surface area (Å²) in [6, 6.07) is 11.5. The third-order valence-corrected chi connectivity index (χ3v) is 4.54. The number of aryl methyl sites for hydroxylation is 2. The van der Waals surface area contributed by atoms with Crippen molar-refractivity contribution in [1.29, 1.82) is 5.26 Å². The van der Waals surface area contributed by atoms with E-state index in [-0.39, 0.29) is 0 Å². The first-order valence-electron chi connectivity index (χ1n) is 7.59. The number of rotatable bonds is 5. The van der Waals surface area contributed by atoms with Crippen LogP contribution < -0.4 is 4.74 Å². The quantitative estimate of drug-likeness (QED) is 0.643. The number of benzene rings is 1. The second-order valence-corrected chi connectivity index (χ2v) is 6.37. The van der Waals surface area contributed by atoms with Crippen molar-refractivity contribution in [1.82, 2.24) is 15.1 Å². The van der Waals surface area contributed by atoms with E-state index >= 15 is 0 Å². The molecular weight excluding hydrogens is 336 g/mol. The first kappa shape index (κ1) is 17.0. The van der Waals surface area contributed by atoms with Crippen LogP contribution in [0.4, 0.5) is 0 Å². The Morgan fingerprint density at radius 2 is 1.96 bits per heavy atom. The van der Waals surface area contributed by atoms with Gasteiger partial charge in [0, 0.05) is 11.3 Å². The summed E-state index contributed by atoms with van der Waals surface area (Å²) in [6.07, 6.45) is 0. The number of hydrogen-bond acceptors (Lipinski definition) is 7. The Bertz CT molecular complexity index is 929. The fourth-order valence-electron chi connectivity index (χ4n) is 2.34. The second kappa shape index (κ2) is 7.36. The zero-order chi connectivity index (χ0) is 17.8. The topological polar surface area (TPSA) is 84.8 Å². The van der Waals surface area contributed by atoms with Crippen molar-refractivity contribution in [2.75, 3.05) is 7.11 Å². The molecule has 0 atom stereocenters. The zero-order valence-electron chi connectivity index (χ0n) is 14.1. The molecule has 0 bridgehead atoms. The molecule has 0 N–H and O–H groups in total. The highest BCUT2D eigenvalue weighted by Gasteiger charge is 2.13. The number of pyridine rings is 1. The fraction of sp³-hybridized carbons (Fsp3) is 0.222. The smallest absolute Gasteiger partial charge is 0.257 e. The van der Waals surface area contributed by atoms with E-state index in [0.717, 1.165) is 22.6 Å². The van der Waals surface area contributed by atoms with Gasteiger partial charge in [0.05, 0.1) is 18.4 Å². The van der Waals surface area contributed by atoms with E-state index in [1.54, 1.807) is 7.11 Å². The highest BCUT2D eigenvalue weighted by Crippen LogP contribution is 2.27. The normalized spacial score (nSPS) is 10.5. The van der Waals surface area contributed by atoms with Gasteiger partial charge < -0.3 is 9.26 Å². The number of ether oxygens (including phenoxy) is 1. The van der Waals surface area contributed by atoms with Gasteiger partial charge >= 0.3 is 0 Å². The number of methoxy groups -OCH3 is 1. The predicted octanol–water partition coefficient (Wildman–Crippen LogP) is 3.92. The van der Waals surface area contributed by atoms with E-state index in [0.29, 0.717) is 28.1 Å². The summed E-state index contributed by atoms with van der Waals surface area (Å²) in [5.74, 6) is 2.25. The maximum atomic E-state index is 9.32. The molecule has 0 radical (unpaired) electrons. The number of aromatic nitrogens is 3. The van der Waals surface area contributed by atoms with Crippen LogP contribution in [0, 0.1) is 25.2 Å². The fourth-order valence-corrected chi connectivity index (χ4v) is 3.28. The van der Waals surface area contributed by atoms with Crippen molar-refractivity contribution in [2.45, 2.75) is 24.6 Å². The SMILES string of the molecule is COc1ccc(-c2nc(CSc3nc(C)cc(C)c3C#N)no2)cc1. The number of hydrogen-bond donors (Lipinski definition) is 0. The van der Waals surface area contributed by atoms with Gasteiger partial charge in [-0.1, -0.05) is 16.9 Å². The molecular formula is C18H16N4O2S. The van der Waals surface area contributed by atoms with E-state index in [9.17, 15) is 5.26 Å². The average Bonchev–Trinajstić information content (AvgIpc) is 3.08. The molecule has 6 nitrogen and oxygen atoms in total. The van der Waals surface area contributed by atoms with Gasteiger partial charge in [0.1, 0.15) is 16.8 Å². The number of nitrogens with zero attached hydrogens (tertiary/aromatic N) is 4. The van der Waals surface area contributed by atoms with Gasteiger partial charge in [-0.05, 0) is 49.7 Å². The van der Waals surface area contributed by atoms with Crippen LogP contribution in [0.25, 0.3) is 11.5 Å². The van der Waals surface area contributed by atoms with Gasteiger partial charge in [-0.3, -0.25) is 0 Å². The summed E-state index contributed by atoms with van der Waals surface area (Å²) >= 11 is 1.43. The van der Waals surface area contributed by atoms with Gasteiger partial charge in [-0.25, -0.2) is 4.98 Å². The maximum Gasteiger partial charge on any atom is 0.257 e. The van der Waals surface area contributed by atoms with Gasteiger partial charge in [-0.15, -0.1) is 0 Å². The highest BCUT2D eigenvalue weighted by molar-refractivity contribution is 7.98. The summed E-state index contributed by atoms with van der Waals surface area (Å²) in [7, 11) is 1.62. The van der Waals surface area contributed by atoms with Crippen molar-refractivity contribution in [3.8, 4) is 23.3 Å². The number of thioether (sulfide) groups is 1. The van der Waals surface area contributed by atoms with Crippen LogP contribution in [-0.2, 0) is 5.75 Å². The van der Waals surface area contributed by atoms with E-state index in [4.69, 9.17) is 9.26 Å². The molecule has 0 spiro atoms. The first-order valence-corrected chi connectivity index (χ1v) is 8.57. The monoisotopic (exact) mass is 352 g/mol. The first-order chi connectivity index (χ1) is 12.1. The Labute approximate surface area is 149 Å². The molecule has 0 amide bonds. The van der Waals surface area contributed by atoms with Crippen LogP contribution in [-0.4, -0.2) is 22.2 Å². The van der Waals surface area contributed by atoms with Gasteiger partial charge in [0.15, 0.2) is 5.82 Å².